The van der Waals surface area contributed by atoms with E-state index in [1.165, 1.54) is 6.07 Å². The summed E-state index contributed by atoms with van der Waals surface area (Å²) in [5.74, 6) is 1.97. The minimum Gasteiger partial charge on any atom is -0.489 e. The van der Waals surface area contributed by atoms with E-state index in [0.29, 0.717) is 35.7 Å². The van der Waals surface area contributed by atoms with Gasteiger partial charge in [-0.15, -0.1) is 0 Å². The largest absolute Gasteiger partial charge is 0.489 e. The first kappa shape index (κ1) is 26.2. The van der Waals surface area contributed by atoms with Crippen molar-refractivity contribution >= 4 is 10.9 Å². The molecule has 0 spiro atoms. The van der Waals surface area contributed by atoms with E-state index >= 15 is 0 Å². The molecule has 0 fully saturated rings. The number of hydrogen-bond donors (Lipinski definition) is 0. The zero-order chi connectivity index (χ0) is 28.2. The molecular weight excluding hydrogens is 525 g/mol. The van der Waals surface area contributed by atoms with E-state index in [1.807, 2.05) is 97.1 Å². The van der Waals surface area contributed by atoms with Gasteiger partial charge in [0.1, 0.15) is 29.4 Å². The summed E-state index contributed by atoms with van der Waals surface area (Å²) in [7, 11) is 0. The number of benzene rings is 5. The van der Waals surface area contributed by atoms with E-state index in [-0.39, 0.29) is 5.52 Å². The zero-order valence-electron chi connectivity index (χ0n) is 21.9. The van der Waals surface area contributed by atoms with Gasteiger partial charge in [0.15, 0.2) is 0 Å². The third-order valence-corrected chi connectivity index (χ3v) is 6.69. The van der Waals surface area contributed by atoms with Crippen LogP contribution in [0.4, 0.5) is 13.2 Å². The molecule has 0 aliphatic heterocycles. The Labute approximate surface area is 235 Å². The van der Waals surface area contributed by atoms with Crippen LogP contribution in [0.2, 0.25) is 0 Å². The van der Waals surface area contributed by atoms with Crippen molar-refractivity contribution < 1.29 is 22.6 Å². The molecule has 0 atom stereocenters. The molecule has 0 radical (unpaired) electrons. The van der Waals surface area contributed by atoms with Crippen LogP contribution in [0.15, 0.2) is 127 Å². The second-order valence-electron chi connectivity index (χ2n) is 9.56. The normalized spacial score (nSPS) is 11.5. The summed E-state index contributed by atoms with van der Waals surface area (Å²) in [5.41, 5.74) is 2.55. The van der Waals surface area contributed by atoms with E-state index in [9.17, 15) is 13.2 Å². The van der Waals surface area contributed by atoms with Crippen LogP contribution >= 0.6 is 0 Å². The lowest BCUT2D eigenvalue weighted by atomic mass is 10.0. The molecule has 0 saturated carbocycles. The van der Waals surface area contributed by atoms with Crippen molar-refractivity contribution in [1.82, 2.24) is 9.78 Å². The molecule has 0 unspecified atom stereocenters. The maximum Gasteiger partial charge on any atom is 0.418 e. The van der Waals surface area contributed by atoms with Crippen molar-refractivity contribution in [3.63, 3.8) is 0 Å². The Hall–Kier alpha value is -5.04. The van der Waals surface area contributed by atoms with Crippen LogP contribution in [0.25, 0.3) is 22.2 Å². The molecule has 1 aromatic heterocycles. The van der Waals surface area contributed by atoms with Crippen LogP contribution in [0.1, 0.15) is 16.7 Å². The van der Waals surface area contributed by atoms with Crippen LogP contribution in [0.3, 0.4) is 0 Å². The maximum absolute atomic E-state index is 13.8. The highest BCUT2D eigenvalue weighted by molar-refractivity contribution is 5.95. The Bertz CT molecular complexity index is 1750. The second kappa shape index (κ2) is 11.2. The molecule has 41 heavy (non-hydrogen) atoms. The SMILES string of the molecule is FC(F)(F)c1cccc2c(-c3ccc(Oc4ccc(OCc5ccccc5)cc4)cc3)n(Cc3ccccc3)nc12. The summed E-state index contributed by atoms with van der Waals surface area (Å²) in [6.45, 7) is 0.807. The van der Waals surface area contributed by atoms with Crippen LogP contribution in [0.5, 0.6) is 17.2 Å². The molecule has 6 aromatic rings. The number of alkyl halides is 3. The van der Waals surface area contributed by atoms with Gasteiger partial charge in [-0.1, -0.05) is 72.8 Å². The number of aromatic nitrogens is 2. The van der Waals surface area contributed by atoms with Gasteiger partial charge in [-0.2, -0.15) is 18.3 Å². The van der Waals surface area contributed by atoms with Crippen molar-refractivity contribution in [1.29, 1.82) is 0 Å². The minimum absolute atomic E-state index is 0.0687. The molecule has 4 nitrogen and oxygen atoms in total. The van der Waals surface area contributed by atoms with E-state index < -0.39 is 11.7 Å². The molecule has 204 valence electrons. The van der Waals surface area contributed by atoms with E-state index in [2.05, 4.69) is 5.10 Å². The van der Waals surface area contributed by atoms with Gasteiger partial charge in [0, 0.05) is 10.9 Å². The average Bonchev–Trinajstić information content (AvgIpc) is 3.35. The summed E-state index contributed by atoms with van der Waals surface area (Å²) in [4.78, 5) is 0. The highest BCUT2D eigenvalue weighted by Gasteiger charge is 2.34. The van der Waals surface area contributed by atoms with Crippen molar-refractivity contribution in [3.05, 3.63) is 144 Å². The van der Waals surface area contributed by atoms with E-state index in [1.54, 1.807) is 22.9 Å². The number of ether oxygens (including phenoxy) is 2. The number of nitrogens with zero attached hydrogens (tertiary/aromatic N) is 2. The molecule has 0 N–H and O–H groups in total. The standard InChI is InChI=1S/C34H25F3N2O2/c35-34(36,37)31-13-7-12-30-32(31)38-39(22-24-8-3-1-4-9-24)33(30)26-14-16-28(17-15-26)41-29-20-18-27(19-21-29)40-23-25-10-5-2-6-11-25/h1-21H,22-23H2. The van der Waals surface area contributed by atoms with Crippen molar-refractivity contribution in [2.75, 3.05) is 0 Å². The topological polar surface area (TPSA) is 36.3 Å². The Balaban J connectivity index is 1.25. The zero-order valence-corrected chi connectivity index (χ0v) is 21.9. The number of halogens is 3. The van der Waals surface area contributed by atoms with Gasteiger partial charge >= 0.3 is 6.18 Å². The molecule has 0 aliphatic carbocycles. The lowest BCUT2D eigenvalue weighted by Gasteiger charge is -2.11. The molecule has 0 aliphatic rings. The van der Waals surface area contributed by atoms with Gasteiger partial charge in [-0.05, 0) is 65.7 Å². The van der Waals surface area contributed by atoms with Crippen LogP contribution < -0.4 is 9.47 Å². The lowest BCUT2D eigenvalue weighted by molar-refractivity contribution is -0.136. The first-order chi connectivity index (χ1) is 19.9. The molecular formula is C34H25F3N2O2. The fraction of sp³-hybridized carbons (Fsp3) is 0.0882. The summed E-state index contributed by atoms with van der Waals surface area (Å²) in [5, 5.41) is 4.88. The second-order valence-corrected chi connectivity index (χ2v) is 9.56. The predicted octanol–water partition coefficient (Wildman–Crippen LogP) is 9.14. The van der Waals surface area contributed by atoms with Crippen molar-refractivity contribution in [2.24, 2.45) is 0 Å². The van der Waals surface area contributed by atoms with Crippen LogP contribution in [-0.2, 0) is 19.3 Å². The lowest BCUT2D eigenvalue weighted by Crippen LogP contribution is -2.06. The molecule has 7 heteroatoms. The summed E-state index contributed by atoms with van der Waals surface area (Å²) < 4.78 is 55.0. The third kappa shape index (κ3) is 5.94. The Morgan fingerprint density at radius 3 is 1.83 bits per heavy atom. The maximum atomic E-state index is 13.8. The number of hydrogen-bond acceptors (Lipinski definition) is 3. The molecule has 0 saturated heterocycles. The molecule has 5 aromatic carbocycles. The Morgan fingerprint density at radius 2 is 1.20 bits per heavy atom. The molecule has 1 heterocycles. The van der Waals surface area contributed by atoms with Gasteiger partial charge in [0.2, 0.25) is 0 Å². The van der Waals surface area contributed by atoms with Crippen LogP contribution in [-0.4, -0.2) is 9.78 Å². The van der Waals surface area contributed by atoms with Gasteiger partial charge in [-0.3, -0.25) is 4.68 Å². The first-order valence-corrected chi connectivity index (χ1v) is 13.1. The minimum atomic E-state index is -4.51. The highest BCUT2D eigenvalue weighted by atomic mass is 19.4. The monoisotopic (exact) mass is 550 g/mol. The van der Waals surface area contributed by atoms with Crippen LogP contribution in [0, 0.1) is 0 Å². The van der Waals surface area contributed by atoms with Gasteiger partial charge in [-0.25, -0.2) is 0 Å². The van der Waals surface area contributed by atoms with E-state index in [4.69, 9.17) is 9.47 Å². The predicted molar refractivity (Wildman–Crippen MR) is 153 cm³/mol. The van der Waals surface area contributed by atoms with Crippen molar-refractivity contribution in [2.45, 2.75) is 19.3 Å². The number of rotatable bonds is 8. The Kier molecular flexibility index (Phi) is 7.17. The fourth-order valence-electron chi connectivity index (χ4n) is 4.72. The number of fused-ring (bicyclic) bond motifs is 1. The molecule has 0 bridgehead atoms. The first-order valence-electron chi connectivity index (χ1n) is 13.1. The van der Waals surface area contributed by atoms with Gasteiger partial charge < -0.3 is 9.47 Å². The highest BCUT2D eigenvalue weighted by Crippen LogP contribution is 2.38. The summed E-state index contributed by atoms with van der Waals surface area (Å²) in [6.07, 6.45) is -4.51. The summed E-state index contributed by atoms with van der Waals surface area (Å²) in [6, 6.07) is 38.3. The van der Waals surface area contributed by atoms with Gasteiger partial charge in [0.25, 0.3) is 0 Å². The quantitative estimate of drug-likeness (QED) is 0.190. The van der Waals surface area contributed by atoms with E-state index in [0.717, 1.165) is 28.5 Å². The molecule has 6 rings (SSSR count). The molecule has 0 amide bonds. The fourth-order valence-corrected chi connectivity index (χ4v) is 4.72. The smallest absolute Gasteiger partial charge is 0.418 e. The van der Waals surface area contributed by atoms with Crippen molar-refractivity contribution in [3.8, 4) is 28.5 Å². The average molecular weight is 551 g/mol. The summed E-state index contributed by atoms with van der Waals surface area (Å²) >= 11 is 0. The van der Waals surface area contributed by atoms with Gasteiger partial charge in [0.05, 0.1) is 17.8 Å². The Morgan fingerprint density at radius 1 is 0.610 bits per heavy atom. The third-order valence-electron chi connectivity index (χ3n) is 6.69.